The molecule has 0 atom stereocenters. The molecule has 0 aromatic heterocycles. The fourth-order valence-corrected chi connectivity index (χ4v) is 5.87. The maximum absolute atomic E-state index is 6.26. The highest BCUT2D eigenvalue weighted by Gasteiger charge is 2.17. The number of fused-ring (bicyclic) bond motifs is 13. The van der Waals surface area contributed by atoms with E-state index in [0.717, 1.165) is 34.5 Å². The molecule has 0 unspecified atom stereocenters. The first-order valence-corrected chi connectivity index (χ1v) is 12.8. The van der Waals surface area contributed by atoms with E-state index in [1.54, 1.807) is 0 Å². The second-order valence-electron chi connectivity index (χ2n) is 7.73. The Balaban J connectivity index is 1.70. The van der Waals surface area contributed by atoms with Crippen LogP contribution < -0.4 is 9.47 Å². The Morgan fingerprint density at radius 1 is 0.533 bits per heavy atom. The van der Waals surface area contributed by atoms with Crippen molar-refractivity contribution in [2.45, 2.75) is 36.9 Å². The number of ether oxygens (including phenoxy) is 4. The summed E-state index contributed by atoms with van der Waals surface area (Å²) in [5.74, 6) is 5.76. The van der Waals surface area contributed by atoms with Crippen molar-refractivity contribution in [2.75, 3.05) is 39.6 Å². The van der Waals surface area contributed by atoms with E-state index in [1.807, 2.05) is 23.5 Å². The van der Waals surface area contributed by atoms with Crippen LogP contribution in [0, 0.1) is 13.8 Å². The molecule has 0 saturated heterocycles. The van der Waals surface area contributed by atoms with Crippen LogP contribution >= 0.6 is 23.5 Å². The van der Waals surface area contributed by atoms with Crippen LogP contribution in [0.5, 0.6) is 11.5 Å². The molecule has 6 bridgehead atoms. The van der Waals surface area contributed by atoms with E-state index in [1.165, 1.54) is 33.4 Å². The third kappa shape index (κ3) is 5.67. The predicted octanol–water partition coefficient (Wildman–Crippen LogP) is 5.29. The molecule has 6 heteroatoms. The number of thioether (sulfide) groups is 2. The molecule has 2 aromatic carbocycles. The average Bonchev–Trinajstić information content (AvgIpc) is 2.71. The van der Waals surface area contributed by atoms with Gasteiger partial charge in [-0.1, -0.05) is 35.4 Å². The van der Waals surface area contributed by atoms with Crippen LogP contribution in [-0.4, -0.2) is 39.6 Å². The molecule has 3 aliphatic rings. The van der Waals surface area contributed by atoms with Gasteiger partial charge in [0.2, 0.25) is 0 Å². The summed E-state index contributed by atoms with van der Waals surface area (Å²) in [6.45, 7) is 7.75. The Morgan fingerprint density at radius 3 is 1.23 bits per heavy atom. The standard InChI is InChI=1S/C24H30O4S2/c1-17-9-19-13-29-15-21-11-18(2)12-22-16-30-14-20(10-17)23(19)27-7-5-25-3-4-26-6-8-28-24(21)22/h9-12H,3-8,13-16H2,1-2H3. The van der Waals surface area contributed by atoms with Gasteiger partial charge in [-0.2, -0.15) is 23.5 Å². The summed E-state index contributed by atoms with van der Waals surface area (Å²) in [5.41, 5.74) is 7.70. The molecule has 162 valence electrons. The van der Waals surface area contributed by atoms with Gasteiger partial charge in [0.25, 0.3) is 0 Å². The smallest absolute Gasteiger partial charge is 0.127 e. The van der Waals surface area contributed by atoms with Gasteiger partial charge in [0.15, 0.2) is 0 Å². The van der Waals surface area contributed by atoms with Crippen LogP contribution in [0.25, 0.3) is 0 Å². The van der Waals surface area contributed by atoms with Crippen LogP contribution in [0.2, 0.25) is 0 Å². The molecule has 0 spiro atoms. The molecular formula is C24H30O4S2. The second kappa shape index (κ2) is 10.8. The van der Waals surface area contributed by atoms with Gasteiger partial charge in [0, 0.05) is 45.3 Å². The number of hydrogen-bond donors (Lipinski definition) is 0. The van der Waals surface area contributed by atoms with E-state index in [0.29, 0.717) is 39.6 Å². The average molecular weight is 447 g/mol. The van der Waals surface area contributed by atoms with E-state index < -0.39 is 0 Å². The zero-order valence-corrected chi connectivity index (χ0v) is 19.5. The van der Waals surface area contributed by atoms with Crippen LogP contribution in [0.4, 0.5) is 0 Å². The number of aryl methyl sites for hydroxylation is 2. The summed E-state index contributed by atoms with van der Waals surface area (Å²) >= 11 is 3.84. The molecule has 2 aromatic rings. The molecule has 5 rings (SSSR count). The molecule has 4 nitrogen and oxygen atoms in total. The Morgan fingerprint density at radius 2 is 0.867 bits per heavy atom. The van der Waals surface area contributed by atoms with Gasteiger partial charge in [-0.05, 0) is 13.8 Å². The maximum Gasteiger partial charge on any atom is 0.127 e. The Kier molecular flexibility index (Phi) is 7.88. The van der Waals surface area contributed by atoms with Crippen molar-refractivity contribution >= 4 is 23.5 Å². The van der Waals surface area contributed by atoms with Crippen LogP contribution in [0.15, 0.2) is 24.3 Å². The van der Waals surface area contributed by atoms with E-state index in [2.05, 4.69) is 38.1 Å². The minimum Gasteiger partial charge on any atom is -0.491 e. The van der Waals surface area contributed by atoms with Crippen molar-refractivity contribution in [3.05, 3.63) is 57.6 Å². The first-order chi connectivity index (χ1) is 14.7. The first-order valence-electron chi connectivity index (χ1n) is 10.5. The lowest BCUT2D eigenvalue weighted by Gasteiger charge is -2.20. The summed E-state index contributed by atoms with van der Waals surface area (Å²) < 4.78 is 23.9. The number of benzene rings is 2. The van der Waals surface area contributed by atoms with E-state index >= 15 is 0 Å². The van der Waals surface area contributed by atoms with Crippen molar-refractivity contribution < 1.29 is 18.9 Å². The summed E-state index contributed by atoms with van der Waals surface area (Å²) in [4.78, 5) is 0. The third-order valence-electron chi connectivity index (χ3n) is 5.12. The van der Waals surface area contributed by atoms with Crippen LogP contribution in [0.1, 0.15) is 33.4 Å². The molecule has 3 heterocycles. The quantitative estimate of drug-likeness (QED) is 0.512. The molecular weight excluding hydrogens is 416 g/mol. The zero-order chi connectivity index (χ0) is 20.8. The van der Waals surface area contributed by atoms with E-state index in [4.69, 9.17) is 18.9 Å². The Hall–Kier alpha value is -1.34. The maximum atomic E-state index is 6.26. The Labute approximate surface area is 188 Å². The van der Waals surface area contributed by atoms with Crippen molar-refractivity contribution in [3.63, 3.8) is 0 Å². The van der Waals surface area contributed by atoms with E-state index in [-0.39, 0.29) is 0 Å². The lowest BCUT2D eigenvalue weighted by molar-refractivity contribution is 0.0271. The van der Waals surface area contributed by atoms with Gasteiger partial charge < -0.3 is 18.9 Å². The van der Waals surface area contributed by atoms with Crippen LogP contribution in [0.3, 0.4) is 0 Å². The van der Waals surface area contributed by atoms with Crippen molar-refractivity contribution in [3.8, 4) is 11.5 Å². The fourth-order valence-electron chi connectivity index (χ4n) is 3.93. The number of rotatable bonds is 0. The van der Waals surface area contributed by atoms with Crippen molar-refractivity contribution in [1.82, 2.24) is 0 Å². The van der Waals surface area contributed by atoms with Crippen molar-refractivity contribution in [2.24, 2.45) is 0 Å². The highest BCUT2D eigenvalue weighted by Crippen LogP contribution is 2.38. The Bertz CT molecular complexity index is 747. The molecule has 0 N–H and O–H groups in total. The minimum atomic E-state index is 0.559. The van der Waals surface area contributed by atoms with Gasteiger partial charge in [-0.3, -0.25) is 0 Å². The van der Waals surface area contributed by atoms with E-state index in [9.17, 15) is 0 Å². The van der Waals surface area contributed by atoms with Crippen molar-refractivity contribution in [1.29, 1.82) is 0 Å². The highest BCUT2D eigenvalue weighted by molar-refractivity contribution is 7.98. The minimum absolute atomic E-state index is 0.559. The third-order valence-corrected chi connectivity index (χ3v) is 7.19. The first kappa shape index (κ1) is 21.9. The molecule has 30 heavy (non-hydrogen) atoms. The number of hydrogen-bond acceptors (Lipinski definition) is 6. The van der Waals surface area contributed by atoms with Gasteiger partial charge >= 0.3 is 0 Å². The molecule has 3 aliphatic heterocycles. The zero-order valence-electron chi connectivity index (χ0n) is 17.8. The highest BCUT2D eigenvalue weighted by atomic mass is 32.2. The largest absolute Gasteiger partial charge is 0.491 e. The summed E-state index contributed by atoms with van der Waals surface area (Å²) in [6, 6.07) is 9.07. The van der Waals surface area contributed by atoms with Gasteiger partial charge in [-0.25, -0.2) is 0 Å². The molecule has 0 saturated carbocycles. The molecule has 0 aliphatic carbocycles. The second-order valence-corrected chi connectivity index (χ2v) is 9.70. The van der Waals surface area contributed by atoms with Gasteiger partial charge in [-0.15, -0.1) is 0 Å². The lowest BCUT2D eigenvalue weighted by Crippen LogP contribution is -2.14. The summed E-state index contributed by atoms with van der Waals surface area (Å²) in [6.07, 6.45) is 0. The fraction of sp³-hybridized carbons (Fsp3) is 0.500. The molecule has 0 radical (unpaired) electrons. The van der Waals surface area contributed by atoms with Gasteiger partial charge in [0.05, 0.1) is 26.4 Å². The summed E-state index contributed by atoms with van der Waals surface area (Å²) in [7, 11) is 0. The van der Waals surface area contributed by atoms with Gasteiger partial charge in [0.1, 0.15) is 24.7 Å². The normalized spacial score (nSPS) is 18.3. The molecule has 0 amide bonds. The predicted molar refractivity (Wildman–Crippen MR) is 125 cm³/mol. The summed E-state index contributed by atoms with van der Waals surface area (Å²) in [5, 5.41) is 0. The molecule has 0 fully saturated rings. The SMILES string of the molecule is Cc1cc2c3c(c1)CSCc1cc(C)cc(c1OCCOCCOCCO3)CSC2. The monoisotopic (exact) mass is 446 g/mol. The lowest BCUT2D eigenvalue weighted by atomic mass is 10.1. The van der Waals surface area contributed by atoms with Crippen LogP contribution in [-0.2, 0) is 32.5 Å². The topological polar surface area (TPSA) is 36.9 Å².